The van der Waals surface area contributed by atoms with Crippen molar-refractivity contribution in [3.05, 3.63) is 22.4 Å². The summed E-state index contributed by atoms with van der Waals surface area (Å²) in [5.74, 6) is -0.501. The topological polar surface area (TPSA) is 40.5 Å². The minimum atomic E-state index is -0.650. The molecule has 3 unspecified atom stereocenters. The fraction of sp³-hybridized carbons (Fsp3) is 0.545. The summed E-state index contributed by atoms with van der Waals surface area (Å²) in [7, 11) is 4.03. The minimum Gasteiger partial charge on any atom is -0.481 e. The number of carboxylic acids is 1. The van der Waals surface area contributed by atoms with Crippen molar-refractivity contribution >= 4 is 17.3 Å². The lowest BCUT2D eigenvalue weighted by Gasteiger charge is -2.23. The molecule has 1 saturated carbocycles. The largest absolute Gasteiger partial charge is 0.481 e. The van der Waals surface area contributed by atoms with Gasteiger partial charge >= 0.3 is 5.97 Å². The van der Waals surface area contributed by atoms with Crippen molar-refractivity contribution in [2.45, 2.75) is 12.5 Å². The molecule has 15 heavy (non-hydrogen) atoms. The van der Waals surface area contributed by atoms with E-state index in [4.69, 9.17) is 5.11 Å². The van der Waals surface area contributed by atoms with Crippen molar-refractivity contribution < 1.29 is 9.90 Å². The zero-order valence-corrected chi connectivity index (χ0v) is 9.70. The van der Waals surface area contributed by atoms with Gasteiger partial charge in [-0.15, -0.1) is 11.3 Å². The van der Waals surface area contributed by atoms with Gasteiger partial charge in [0.15, 0.2) is 0 Å². The van der Waals surface area contributed by atoms with Crippen molar-refractivity contribution in [3.8, 4) is 0 Å². The Morgan fingerprint density at radius 3 is 2.80 bits per heavy atom. The smallest absolute Gasteiger partial charge is 0.306 e. The van der Waals surface area contributed by atoms with E-state index < -0.39 is 5.97 Å². The van der Waals surface area contributed by atoms with Crippen LogP contribution in [0.25, 0.3) is 0 Å². The highest BCUT2D eigenvalue weighted by atomic mass is 32.1. The van der Waals surface area contributed by atoms with Crippen LogP contribution < -0.4 is 0 Å². The average Bonchev–Trinajstić information content (AvgIpc) is 2.72. The molecule has 3 atom stereocenters. The molecular weight excluding hydrogens is 210 g/mol. The summed E-state index contributed by atoms with van der Waals surface area (Å²) in [5, 5.41) is 11.0. The van der Waals surface area contributed by atoms with Gasteiger partial charge in [0.05, 0.1) is 5.92 Å². The van der Waals surface area contributed by atoms with Gasteiger partial charge in [0, 0.05) is 10.9 Å². The lowest BCUT2D eigenvalue weighted by Crippen LogP contribution is -2.22. The van der Waals surface area contributed by atoms with Gasteiger partial charge in [0.25, 0.3) is 0 Å². The number of carbonyl (C=O) groups is 1. The third kappa shape index (κ3) is 2.06. The maximum atomic E-state index is 10.9. The predicted molar refractivity (Wildman–Crippen MR) is 60.0 cm³/mol. The number of carboxylic acid groups (broad SMARTS) is 1. The first-order valence-electron chi connectivity index (χ1n) is 5.04. The number of hydrogen-bond donors (Lipinski definition) is 1. The van der Waals surface area contributed by atoms with Crippen LogP contribution in [0.4, 0.5) is 0 Å². The Morgan fingerprint density at radius 2 is 2.40 bits per heavy atom. The van der Waals surface area contributed by atoms with Gasteiger partial charge < -0.3 is 10.0 Å². The Bertz CT molecular complexity index is 347. The Morgan fingerprint density at radius 1 is 1.67 bits per heavy atom. The molecule has 82 valence electrons. The highest BCUT2D eigenvalue weighted by Crippen LogP contribution is 2.50. The summed E-state index contributed by atoms with van der Waals surface area (Å²) >= 11 is 1.71. The van der Waals surface area contributed by atoms with Crippen molar-refractivity contribution in [2.24, 2.45) is 11.8 Å². The molecule has 0 spiro atoms. The second-order valence-electron chi connectivity index (χ2n) is 4.27. The quantitative estimate of drug-likeness (QED) is 0.852. The molecule has 3 nitrogen and oxygen atoms in total. The molecule has 4 heteroatoms. The summed E-state index contributed by atoms with van der Waals surface area (Å²) in [5.41, 5.74) is 0. The first-order valence-corrected chi connectivity index (χ1v) is 5.92. The molecule has 0 aliphatic heterocycles. The van der Waals surface area contributed by atoms with Crippen LogP contribution in [0.15, 0.2) is 17.5 Å². The Labute approximate surface area is 93.3 Å². The molecule has 1 aromatic rings. The van der Waals surface area contributed by atoms with E-state index in [1.807, 2.05) is 25.5 Å². The van der Waals surface area contributed by atoms with Crippen LogP contribution in [0.3, 0.4) is 0 Å². The molecule has 2 rings (SSSR count). The maximum Gasteiger partial charge on any atom is 0.306 e. The Balaban J connectivity index is 2.13. The number of aliphatic carboxylic acids is 1. The van der Waals surface area contributed by atoms with Gasteiger partial charge in [-0.2, -0.15) is 0 Å². The molecule has 1 aromatic heterocycles. The van der Waals surface area contributed by atoms with E-state index in [9.17, 15) is 4.79 Å². The van der Waals surface area contributed by atoms with Gasteiger partial charge in [-0.25, -0.2) is 0 Å². The Kier molecular flexibility index (Phi) is 2.80. The Hall–Kier alpha value is -0.870. The third-order valence-corrected chi connectivity index (χ3v) is 3.90. The molecule has 0 saturated heterocycles. The molecule has 1 aliphatic rings. The van der Waals surface area contributed by atoms with Crippen molar-refractivity contribution in [1.29, 1.82) is 0 Å². The third-order valence-electron chi connectivity index (χ3n) is 2.95. The number of thiophene rings is 1. The van der Waals surface area contributed by atoms with Crippen LogP contribution in [-0.4, -0.2) is 30.1 Å². The highest BCUT2D eigenvalue weighted by Gasteiger charge is 2.49. The van der Waals surface area contributed by atoms with Gasteiger partial charge in [-0.05, 0) is 37.9 Å². The van der Waals surface area contributed by atoms with Crippen LogP contribution in [0.1, 0.15) is 17.3 Å². The van der Waals surface area contributed by atoms with Gasteiger partial charge in [-0.1, -0.05) is 6.07 Å². The molecule has 1 heterocycles. The van der Waals surface area contributed by atoms with Crippen molar-refractivity contribution in [2.75, 3.05) is 14.1 Å². The molecule has 0 radical (unpaired) electrons. The predicted octanol–water partition coefficient (Wildman–Crippen LogP) is 2.07. The molecule has 0 aromatic carbocycles. The van der Waals surface area contributed by atoms with Crippen LogP contribution in [0.5, 0.6) is 0 Å². The molecule has 1 N–H and O–H groups in total. The number of nitrogens with zero attached hydrogens (tertiary/aromatic N) is 1. The molecule has 0 bridgehead atoms. The van der Waals surface area contributed by atoms with E-state index in [-0.39, 0.29) is 17.9 Å². The second-order valence-corrected chi connectivity index (χ2v) is 5.25. The zero-order chi connectivity index (χ0) is 11.0. The van der Waals surface area contributed by atoms with E-state index in [1.165, 1.54) is 4.88 Å². The molecular formula is C11H15NO2S. The molecule has 0 amide bonds. The normalized spacial score (nSPS) is 26.6. The van der Waals surface area contributed by atoms with E-state index in [1.54, 1.807) is 11.3 Å². The summed E-state index contributed by atoms with van der Waals surface area (Å²) in [6.07, 6.45) is 0.816. The van der Waals surface area contributed by atoms with Gasteiger partial charge in [0.1, 0.15) is 0 Å². The summed E-state index contributed by atoms with van der Waals surface area (Å²) < 4.78 is 0. The van der Waals surface area contributed by atoms with Crippen molar-refractivity contribution in [1.82, 2.24) is 4.90 Å². The average molecular weight is 225 g/mol. The standard InChI is InChI=1S/C11H15NO2S/c1-12(2)10(9-4-3-5-15-9)7-6-8(7)11(13)14/h3-5,7-8,10H,6H2,1-2H3,(H,13,14). The first kappa shape index (κ1) is 10.6. The fourth-order valence-electron chi connectivity index (χ4n) is 2.16. The monoisotopic (exact) mass is 225 g/mol. The summed E-state index contributed by atoms with van der Waals surface area (Å²) in [6.45, 7) is 0. The minimum absolute atomic E-state index is 0.139. The second kappa shape index (κ2) is 3.94. The van der Waals surface area contributed by atoms with Crippen LogP contribution in [0, 0.1) is 11.8 Å². The fourth-order valence-corrected chi connectivity index (χ4v) is 3.15. The SMILES string of the molecule is CN(C)C(c1cccs1)C1CC1C(=O)O. The van der Waals surface area contributed by atoms with Gasteiger partial charge in [0.2, 0.25) is 0 Å². The summed E-state index contributed by atoms with van der Waals surface area (Å²) in [4.78, 5) is 14.2. The van der Waals surface area contributed by atoms with E-state index in [2.05, 4.69) is 11.0 Å². The van der Waals surface area contributed by atoms with Crippen LogP contribution >= 0.6 is 11.3 Å². The molecule has 1 aliphatic carbocycles. The lowest BCUT2D eigenvalue weighted by molar-refractivity contribution is -0.139. The van der Waals surface area contributed by atoms with Gasteiger partial charge in [-0.3, -0.25) is 4.79 Å². The summed E-state index contributed by atoms with van der Waals surface area (Å²) in [6, 6.07) is 4.38. The van der Waals surface area contributed by atoms with E-state index in [0.29, 0.717) is 0 Å². The highest BCUT2D eigenvalue weighted by molar-refractivity contribution is 7.10. The first-order chi connectivity index (χ1) is 7.11. The lowest BCUT2D eigenvalue weighted by atomic mass is 10.1. The van der Waals surface area contributed by atoms with Crippen LogP contribution in [-0.2, 0) is 4.79 Å². The van der Waals surface area contributed by atoms with Crippen molar-refractivity contribution in [3.63, 3.8) is 0 Å². The zero-order valence-electron chi connectivity index (χ0n) is 8.88. The number of rotatable bonds is 4. The van der Waals surface area contributed by atoms with Crippen LogP contribution in [0.2, 0.25) is 0 Å². The van der Waals surface area contributed by atoms with E-state index in [0.717, 1.165) is 6.42 Å². The maximum absolute atomic E-state index is 10.9. The van der Waals surface area contributed by atoms with E-state index >= 15 is 0 Å². The number of hydrogen-bond acceptors (Lipinski definition) is 3. The molecule has 1 fully saturated rings.